The van der Waals surface area contributed by atoms with Crippen molar-refractivity contribution in [2.75, 3.05) is 5.32 Å². The molecule has 0 radical (unpaired) electrons. The molecule has 1 N–H and O–H groups in total. The Morgan fingerprint density at radius 1 is 1.19 bits per heavy atom. The van der Waals surface area contributed by atoms with Crippen molar-refractivity contribution in [3.05, 3.63) is 72.4 Å². The molecule has 1 unspecified atom stereocenters. The minimum Gasteiger partial charge on any atom is -0.467 e. The number of furan rings is 1. The maximum atomic E-state index is 5.47. The van der Waals surface area contributed by atoms with E-state index in [0.29, 0.717) is 0 Å². The SMILES string of the molecule is CCC(Nc1cnn(Cc2ccccc2)c1)c1ccco1. The van der Waals surface area contributed by atoms with Gasteiger partial charge in [-0.1, -0.05) is 37.3 Å². The van der Waals surface area contributed by atoms with E-state index in [4.69, 9.17) is 4.42 Å². The summed E-state index contributed by atoms with van der Waals surface area (Å²) in [4.78, 5) is 0. The van der Waals surface area contributed by atoms with Gasteiger partial charge in [-0.25, -0.2) is 0 Å². The molecule has 0 fully saturated rings. The molecule has 0 spiro atoms. The van der Waals surface area contributed by atoms with E-state index < -0.39 is 0 Å². The summed E-state index contributed by atoms with van der Waals surface area (Å²) in [7, 11) is 0. The van der Waals surface area contributed by atoms with Crippen molar-refractivity contribution < 1.29 is 4.42 Å². The first-order valence-electron chi connectivity index (χ1n) is 7.21. The topological polar surface area (TPSA) is 43.0 Å². The van der Waals surface area contributed by atoms with Crippen molar-refractivity contribution in [2.24, 2.45) is 0 Å². The second-order valence-electron chi connectivity index (χ2n) is 5.03. The zero-order valence-electron chi connectivity index (χ0n) is 12.1. The van der Waals surface area contributed by atoms with Gasteiger partial charge in [0.25, 0.3) is 0 Å². The van der Waals surface area contributed by atoms with E-state index in [9.17, 15) is 0 Å². The van der Waals surface area contributed by atoms with Crippen molar-refractivity contribution in [3.63, 3.8) is 0 Å². The number of hydrogen-bond donors (Lipinski definition) is 1. The molecule has 21 heavy (non-hydrogen) atoms. The van der Waals surface area contributed by atoms with Gasteiger partial charge in [-0.2, -0.15) is 5.10 Å². The molecule has 0 saturated heterocycles. The molecule has 2 heterocycles. The van der Waals surface area contributed by atoms with Crippen molar-refractivity contribution in [2.45, 2.75) is 25.9 Å². The van der Waals surface area contributed by atoms with Crippen LogP contribution >= 0.6 is 0 Å². The molecular weight excluding hydrogens is 262 g/mol. The summed E-state index contributed by atoms with van der Waals surface area (Å²) in [5.41, 5.74) is 2.25. The number of aromatic nitrogens is 2. The lowest BCUT2D eigenvalue weighted by molar-refractivity contribution is 0.474. The third-order valence-electron chi connectivity index (χ3n) is 3.46. The standard InChI is InChI=1S/C17H19N3O/c1-2-16(17-9-6-10-21-17)19-15-11-18-20(13-15)12-14-7-4-3-5-8-14/h3-11,13,16,19H,2,12H2,1H3. The molecule has 4 nitrogen and oxygen atoms in total. The second-order valence-corrected chi connectivity index (χ2v) is 5.03. The lowest BCUT2D eigenvalue weighted by atomic mass is 10.1. The average molecular weight is 281 g/mol. The molecular formula is C17H19N3O. The van der Waals surface area contributed by atoms with E-state index in [1.165, 1.54) is 5.56 Å². The van der Waals surface area contributed by atoms with Gasteiger partial charge in [0.2, 0.25) is 0 Å². The summed E-state index contributed by atoms with van der Waals surface area (Å²) in [6.45, 7) is 2.91. The van der Waals surface area contributed by atoms with Gasteiger partial charge in [-0.3, -0.25) is 4.68 Å². The fraction of sp³-hybridized carbons (Fsp3) is 0.235. The molecule has 0 aliphatic rings. The fourth-order valence-corrected chi connectivity index (χ4v) is 2.36. The van der Waals surface area contributed by atoms with Crippen LogP contribution in [0.5, 0.6) is 0 Å². The first kappa shape index (κ1) is 13.5. The lowest BCUT2D eigenvalue weighted by Crippen LogP contribution is -2.08. The number of benzene rings is 1. The predicted octanol–water partition coefficient (Wildman–Crippen LogP) is 4.09. The van der Waals surface area contributed by atoms with Gasteiger partial charge >= 0.3 is 0 Å². The molecule has 3 aromatic rings. The van der Waals surface area contributed by atoms with E-state index in [-0.39, 0.29) is 6.04 Å². The maximum Gasteiger partial charge on any atom is 0.125 e. The van der Waals surface area contributed by atoms with Gasteiger partial charge < -0.3 is 9.73 Å². The Balaban J connectivity index is 1.67. The number of anilines is 1. The molecule has 1 atom stereocenters. The molecule has 0 aliphatic carbocycles. The van der Waals surface area contributed by atoms with E-state index in [1.54, 1.807) is 6.26 Å². The highest BCUT2D eigenvalue weighted by Crippen LogP contribution is 2.22. The molecule has 0 amide bonds. The van der Waals surface area contributed by atoms with E-state index in [2.05, 4.69) is 29.5 Å². The molecule has 4 heteroatoms. The Kier molecular flexibility index (Phi) is 4.05. The Labute approximate surface area is 124 Å². The maximum absolute atomic E-state index is 5.47. The third-order valence-corrected chi connectivity index (χ3v) is 3.46. The smallest absolute Gasteiger partial charge is 0.125 e. The van der Waals surface area contributed by atoms with Crippen LogP contribution in [0.25, 0.3) is 0 Å². The van der Waals surface area contributed by atoms with Gasteiger partial charge in [-0.05, 0) is 24.1 Å². The highest BCUT2D eigenvalue weighted by atomic mass is 16.3. The highest BCUT2D eigenvalue weighted by molar-refractivity contribution is 5.40. The van der Waals surface area contributed by atoms with Gasteiger partial charge in [0.05, 0.1) is 30.7 Å². The molecule has 2 aromatic heterocycles. The van der Waals surface area contributed by atoms with Crippen molar-refractivity contribution in [3.8, 4) is 0 Å². The quantitative estimate of drug-likeness (QED) is 0.740. The van der Waals surface area contributed by atoms with Crippen LogP contribution in [0.1, 0.15) is 30.7 Å². The van der Waals surface area contributed by atoms with Crippen LogP contribution in [-0.4, -0.2) is 9.78 Å². The average Bonchev–Trinajstić information content (AvgIpc) is 3.17. The van der Waals surface area contributed by atoms with Crippen LogP contribution in [0.2, 0.25) is 0 Å². The Morgan fingerprint density at radius 3 is 2.76 bits per heavy atom. The van der Waals surface area contributed by atoms with Crippen LogP contribution in [0.15, 0.2) is 65.5 Å². The zero-order chi connectivity index (χ0) is 14.5. The van der Waals surface area contributed by atoms with E-state index in [1.807, 2.05) is 47.4 Å². The van der Waals surface area contributed by atoms with Crippen LogP contribution in [0.4, 0.5) is 5.69 Å². The Hall–Kier alpha value is -2.49. The highest BCUT2D eigenvalue weighted by Gasteiger charge is 2.12. The summed E-state index contributed by atoms with van der Waals surface area (Å²) >= 11 is 0. The summed E-state index contributed by atoms with van der Waals surface area (Å²) in [6.07, 6.45) is 6.54. The van der Waals surface area contributed by atoms with Crippen LogP contribution in [-0.2, 0) is 6.54 Å². The number of rotatable bonds is 6. The summed E-state index contributed by atoms with van der Waals surface area (Å²) in [6, 6.07) is 14.4. The van der Waals surface area contributed by atoms with Crippen LogP contribution in [0.3, 0.4) is 0 Å². The molecule has 0 bridgehead atoms. The van der Waals surface area contributed by atoms with E-state index in [0.717, 1.165) is 24.4 Å². The van der Waals surface area contributed by atoms with Crippen LogP contribution < -0.4 is 5.32 Å². The molecule has 1 aromatic carbocycles. The van der Waals surface area contributed by atoms with Crippen molar-refractivity contribution in [1.29, 1.82) is 0 Å². The van der Waals surface area contributed by atoms with Gasteiger partial charge in [-0.15, -0.1) is 0 Å². The number of hydrogen-bond acceptors (Lipinski definition) is 3. The summed E-state index contributed by atoms with van der Waals surface area (Å²) in [5, 5.41) is 7.86. The largest absolute Gasteiger partial charge is 0.467 e. The third kappa shape index (κ3) is 3.34. The van der Waals surface area contributed by atoms with Gasteiger partial charge in [0.15, 0.2) is 0 Å². The number of nitrogens with zero attached hydrogens (tertiary/aromatic N) is 2. The number of nitrogens with one attached hydrogen (secondary N) is 1. The normalized spacial score (nSPS) is 12.2. The first-order chi connectivity index (χ1) is 10.3. The molecule has 108 valence electrons. The second kappa shape index (κ2) is 6.31. The monoisotopic (exact) mass is 281 g/mol. The minimum absolute atomic E-state index is 0.175. The molecule has 3 rings (SSSR count). The Bertz CT molecular complexity index is 658. The predicted molar refractivity (Wildman–Crippen MR) is 83.1 cm³/mol. The van der Waals surface area contributed by atoms with Gasteiger partial charge in [0, 0.05) is 6.20 Å². The van der Waals surface area contributed by atoms with Gasteiger partial charge in [0.1, 0.15) is 5.76 Å². The fourth-order valence-electron chi connectivity index (χ4n) is 2.36. The lowest BCUT2D eigenvalue weighted by Gasteiger charge is -2.13. The Morgan fingerprint density at radius 2 is 2.05 bits per heavy atom. The molecule has 0 saturated carbocycles. The van der Waals surface area contributed by atoms with Crippen molar-refractivity contribution in [1.82, 2.24) is 9.78 Å². The zero-order valence-corrected chi connectivity index (χ0v) is 12.1. The van der Waals surface area contributed by atoms with E-state index >= 15 is 0 Å². The van der Waals surface area contributed by atoms with Crippen LogP contribution in [0, 0.1) is 0 Å². The summed E-state index contributed by atoms with van der Waals surface area (Å²) in [5.74, 6) is 0.952. The first-order valence-corrected chi connectivity index (χ1v) is 7.21. The molecule has 0 aliphatic heterocycles. The summed E-state index contributed by atoms with van der Waals surface area (Å²) < 4.78 is 7.41. The minimum atomic E-state index is 0.175. The van der Waals surface area contributed by atoms with Crippen molar-refractivity contribution >= 4 is 5.69 Å².